The molecule has 3 unspecified atom stereocenters. The van der Waals surface area contributed by atoms with Crippen LogP contribution in [0.4, 0.5) is 5.82 Å². The van der Waals surface area contributed by atoms with Crippen molar-refractivity contribution in [1.82, 2.24) is 29.4 Å². The molecule has 0 aliphatic carbocycles. The predicted octanol–water partition coefficient (Wildman–Crippen LogP) is 0.313. The molecule has 224 valence electrons. The molecule has 41 heavy (non-hydrogen) atoms. The number of nitrogens with zero attached hydrogens (tertiary/aromatic N) is 5. The van der Waals surface area contributed by atoms with Crippen LogP contribution in [-0.2, 0) is 33.4 Å². The van der Waals surface area contributed by atoms with Gasteiger partial charge in [-0.2, -0.15) is 0 Å². The van der Waals surface area contributed by atoms with E-state index < -0.39 is 54.5 Å². The zero-order valence-corrected chi connectivity index (χ0v) is 24.5. The number of rotatable bonds is 11. The third kappa shape index (κ3) is 6.94. The maximum absolute atomic E-state index is 13.7. The summed E-state index contributed by atoms with van der Waals surface area (Å²) in [6, 6.07) is 5.72. The molecule has 0 saturated carbocycles. The lowest BCUT2D eigenvalue weighted by atomic mass is 9.99. The van der Waals surface area contributed by atoms with Gasteiger partial charge in [-0.15, -0.1) is 4.83 Å². The number of fused-ring (bicyclic) bond motifs is 1. The minimum Gasteiger partial charge on any atom is -0.468 e. The number of carbonyl (C=O) groups is 1. The Labute approximate surface area is 239 Å². The number of halogens is 1. The first-order chi connectivity index (χ1) is 19.1. The van der Waals surface area contributed by atoms with E-state index in [0.29, 0.717) is 5.02 Å². The molecule has 2 aromatic heterocycles. The van der Waals surface area contributed by atoms with Crippen molar-refractivity contribution < 1.29 is 46.5 Å². The van der Waals surface area contributed by atoms with Gasteiger partial charge in [-0.25, -0.2) is 33.0 Å². The van der Waals surface area contributed by atoms with Crippen molar-refractivity contribution in [1.29, 1.82) is 0 Å². The van der Waals surface area contributed by atoms with E-state index in [9.17, 15) is 28.0 Å². The number of anilines is 1. The zero-order chi connectivity index (χ0) is 30.2. The molecule has 0 radical (unpaired) electrons. The fourth-order valence-electron chi connectivity index (χ4n) is 3.83. The lowest BCUT2D eigenvalue weighted by molar-refractivity contribution is -0.140. The van der Waals surface area contributed by atoms with Crippen molar-refractivity contribution in [2.45, 2.75) is 31.1 Å². The first-order valence-corrected chi connectivity index (χ1v) is 15.4. The molecule has 0 spiro atoms. The van der Waals surface area contributed by atoms with Crippen LogP contribution in [0.1, 0.15) is 13.2 Å². The summed E-state index contributed by atoms with van der Waals surface area (Å²) in [6.45, 7) is 0.648. The average molecular weight is 636 g/mol. The fraction of sp³-hybridized carbons (Fsp3) is 0.429. The van der Waals surface area contributed by atoms with Gasteiger partial charge in [0.15, 0.2) is 23.2 Å². The van der Waals surface area contributed by atoms with Gasteiger partial charge < -0.3 is 24.2 Å². The van der Waals surface area contributed by atoms with Gasteiger partial charge in [0.25, 0.3) is 0 Å². The molecule has 3 heterocycles. The van der Waals surface area contributed by atoms with Gasteiger partial charge in [0, 0.05) is 12.1 Å². The number of imidazole rings is 1. The molecule has 1 aliphatic rings. The largest absolute Gasteiger partial charge is 0.468 e. The number of benzene rings is 1. The maximum Gasteiger partial charge on any atom is 0.461 e. The van der Waals surface area contributed by atoms with E-state index >= 15 is 0 Å². The van der Waals surface area contributed by atoms with Gasteiger partial charge in [-0.05, 0) is 31.2 Å². The lowest BCUT2D eigenvalue weighted by Gasteiger charge is -2.27. The van der Waals surface area contributed by atoms with Crippen LogP contribution in [0.5, 0.6) is 5.75 Å². The SMILES string of the molecule is COC(=O)CNP(=O)(Oc1ccc(Cl)cc1)OC1O[C@@H](n2cnc3c(N(C)NS(C)(=O)=O)ncnc32)[C@](C)(O)C1O. The number of hydrogen-bond acceptors (Lipinski definition) is 14. The molecule has 1 fully saturated rings. The molecule has 0 amide bonds. The van der Waals surface area contributed by atoms with E-state index in [2.05, 4.69) is 29.6 Å². The van der Waals surface area contributed by atoms with E-state index in [0.717, 1.165) is 24.7 Å². The molecule has 1 aliphatic heterocycles. The first kappa shape index (κ1) is 31.0. The van der Waals surface area contributed by atoms with Crippen molar-refractivity contribution in [3.8, 4) is 5.75 Å². The summed E-state index contributed by atoms with van der Waals surface area (Å²) in [7, 11) is -5.59. The predicted molar refractivity (Wildman–Crippen MR) is 143 cm³/mol. The Morgan fingerprint density at radius 3 is 2.61 bits per heavy atom. The second-order valence-corrected chi connectivity index (χ2v) is 12.9. The molecule has 4 rings (SSSR count). The molecule has 1 aromatic carbocycles. The smallest absolute Gasteiger partial charge is 0.461 e. The Bertz CT molecular complexity index is 1570. The first-order valence-electron chi connectivity index (χ1n) is 11.6. The Morgan fingerprint density at radius 2 is 1.98 bits per heavy atom. The molecule has 5 atom stereocenters. The van der Waals surface area contributed by atoms with Crippen molar-refractivity contribution in [3.05, 3.63) is 41.9 Å². The summed E-state index contributed by atoms with van der Waals surface area (Å²) in [5.41, 5.74) is -1.85. The molecular weight excluding hydrogens is 609 g/mol. The standard InChI is InChI=1S/C21H27ClN7O10PS/c1-21(32)16(31)19(39-40(33,26-9-14(30)36-3)38-13-7-5-12(22)6-8-13)37-20(21)29-11-25-15-17(23-10-24-18(15)29)28(2)27-41(4,34)35/h5-8,10-11,16,19-20,27,31-32H,9H2,1-4H3,(H,26,33)/t16?,19?,20-,21-,40?/m1/s1. The van der Waals surface area contributed by atoms with Crippen molar-refractivity contribution in [2.24, 2.45) is 0 Å². The van der Waals surface area contributed by atoms with Gasteiger partial charge in [0.1, 0.15) is 30.3 Å². The average Bonchev–Trinajstić information content (AvgIpc) is 3.41. The van der Waals surface area contributed by atoms with Crippen LogP contribution in [0, 0.1) is 0 Å². The molecule has 0 bridgehead atoms. The molecule has 1 saturated heterocycles. The number of sulfonamides is 1. The normalized spacial score (nSPS) is 24.2. The highest BCUT2D eigenvalue weighted by Crippen LogP contribution is 2.50. The Balaban J connectivity index is 1.63. The number of hydrogen-bond donors (Lipinski definition) is 4. The second-order valence-electron chi connectivity index (χ2n) is 9.03. The van der Waals surface area contributed by atoms with Crippen LogP contribution in [0.25, 0.3) is 11.2 Å². The van der Waals surface area contributed by atoms with E-state index in [1.807, 2.05) is 0 Å². The molecule has 4 N–H and O–H groups in total. The Kier molecular flexibility index (Phi) is 8.89. The Morgan fingerprint density at radius 1 is 1.29 bits per heavy atom. The van der Waals surface area contributed by atoms with Gasteiger partial charge in [0.05, 0.1) is 19.7 Å². The number of methoxy groups -OCH3 is 1. The number of nitrogens with one attached hydrogen (secondary N) is 2. The van der Waals surface area contributed by atoms with Crippen LogP contribution in [-0.4, -0.2) is 89.1 Å². The van der Waals surface area contributed by atoms with Crippen LogP contribution >= 0.6 is 19.3 Å². The second kappa shape index (κ2) is 11.7. The molecule has 17 nitrogen and oxygen atoms in total. The number of ether oxygens (including phenoxy) is 2. The summed E-state index contributed by atoms with van der Waals surface area (Å²) in [5.74, 6) is -0.664. The van der Waals surface area contributed by atoms with Gasteiger partial charge in [-0.1, -0.05) is 11.6 Å². The number of hydrazine groups is 1. The summed E-state index contributed by atoms with van der Waals surface area (Å²) < 4.78 is 59.7. The highest BCUT2D eigenvalue weighted by Gasteiger charge is 2.56. The van der Waals surface area contributed by atoms with E-state index in [1.54, 1.807) is 0 Å². The van der Waals surface area contributed by atoms with Crippen molar-refractivity contribution in [3.63, 3.8) is 0 Å². The van der Waals surface area contributed by atoms with E-state index in [4.69, 9.17) is 25.4 Å². The zero-order valence-electron chi connectivity index (χ0n) is 22.0. The topological polar surface area (TPSA) is 217 Å². The van der Waals surface area contributed by atoms with E-state index in [-0.39, 0.29) is 22.7 Å². The minimum atomic E-state index is -4.47. The monoisotopic (exact) mass is 635 g/mol. The quantitative estimate of drug-likeness (QED) is 0.127. The third-order valence-electron chi connectivity index (χ3n) is 5.76. The number of aliphatic hydroxyl groups excluding tert-OH is 1. The van der Waals surface area contributed by atoms with E-state index in [1.165, 1.54) is 49.1 Å². The summed E-state index contributed by atoms with van der Waals surface area (Å²) in [5, 5.41) is 26.0. The molecule has 3 aromatic rings. The number of aromatic nitrogens is 4. The van der Waals surface area contributed by atoms with Gasteiger partial charge in [-0.3, -0.25) is 18.9 Å². The number of esters is 1. The number of carbonyl (C=O) groups excluding carboxylic acids is 1. The van der Waals surface area contributed by atoms with Crippen LogP contribution in [0.15, 0.2) is 36.9 Å². The minimum absolute atomic E-state index is 0.0440. The van der Waals surface area contributed by atoms with Gasteiger partial charge in [0.2, 0.25) is 16.3 Å². The van der Waals surface area contributed by atoms with Crippen LogP contribution < -0.4 is 19.5 Å². The molecular formula is C21H27ClN7O10PS. The highest BCUT2D eigenvalue weighted by molar-refractivity contribution is 7.88. The summed E-state index contributed by atoms with van der Waals surface area (Å²) in [4.78, 5) is 26.4. The van der Waals surface area contributed by atoms with Crippen molar-refractivity contribution >= 4 is 52.3 Å². The van der Waals surface area contributed by atoms with Crippen molar-refractivity contribution in [2.75, 3.05) is 32.0 Å². The summed E-state index contributed by atoms with van der Waals surface area (Å²) >= 11 is 5.89. The third-order valence-corrected chi connectivity index (χ3v) is 8.10. The number of aliphatic hydroxyl groups is 2. The fourth-order valence-corrected chi connectivity index (χ4v) is 5.89. The highest BCUT2D eigenvalue weighted by atomic mass is 35.5. The Hall–Kier alpha value is -2.93. The maximum atomic E-state index is 13.7. The van der Waals surface area contributed by atoms with Gasteiger partial charge >= 0.3 is 13.7 Å². The van der Waals surface area contributed by atoms with Crippen LogP contribution in [0.3, 0.4) is 0 Å². The summed E-state index contributed by atoms with van der Waals surface area (Å²) in [6.07, 6.45) is -1.65. The lowest BCUT2D eigenvalue weighted by Crippen LogP contribution is -2.44. The molecule has 20 heteroatoms. The van der Waals surface area contributed by atoms with Crippen LogP contribution in [0.2, 0.25) is 5.02 Å².